The number of H-pyrrole nitrogens is 2. The third-order valence-corrected chi connectivity index (χ3v) is 5.86. The molecule has 0 radical (unpaired) electrons. The van der Waals surface area contributed by atoms with Crippen LogP contribution in [0.2, 0.25) is 0 Å². The maximum absolute atomic E-state index is 13.2. The van der Waals surface area contributed by atoms with Crippen molar-refractivity contribution in [2.24, 2.45) is 0 Å². The Morgan fingerprint density at radius 2 is 1.58 bits per heavy atom. The van der Waals surface area contributed by atoms with Gasteiger partial charge in [0.05, 0.1) is 21.6 Å². The number of nitrogens with one attached hydrogen (secondary N) is 2. The van der Waals surface area contributed by atoms with Gasteiger partial charge in [-0.25, -0.2) is 8.42 Å². The van der Waals surface area contributed by atoms with Crippen LogP contribution in [0.25, 0.3) is 11.0 Å². The molecule has 0 saturated heterocycles. The van der Waals surface area contributed by atoms with Crippen molar-refractivity contribution in [3.05, 3.63) is 69.2 Å². The van der Waals surface area contributed by atoms with Crippen LogP contribution < -0.4 is 15.4 Å². The summed E-state index contributed by atoms with van der Waals surface area (Å²) < 4.78 is 27.8. The summed E-state index contributed by atoms with van der Waals surface area (Å²) in [5.41, 5.74) is -0.386. The molecule has 0 fully saturated rings. The maximum atomic E-state index is 13.2. The van der Waals surface area contributed by atoms with E-state index in [0.717, 1.165) is 6.42 Å². The van der Waals surface area contributed by atoms with Gasteiger partial charge in [0, 0.05) is 6.54 Å². The standard InChI is InChI=1S/C18H19N3O4S/c1-2-3-11-21(13-7-5-4-6-8-13)26(24,25)14-9-10-15-16(12-14)20-18(23)17(22)19-15/h4-10,12H,2-3,11H2,1H3,(H,19,22)(H,20,23). The minimum atomic E-state index is -3.82. The number of benzene rings is 2. The third kappa shape index (κ3) is 3.41. The zero-order valence-corrected chi connectivity index (χ0v) is 15.0. The Hall–Kier alpha value is -2.87. The number of aromatic nitrogens is 2. The Kier molecular flexibility index (Phi) is 4.94. The lowest BCUT2D eigenvalue weighted by Gasteiger charge is -2.24. The highest BCUT2D eigenvalue weighted by Crippen LogP contribution is 2.25. The Bertz CT molecular complexity index is 1130. The fourth-order valence-electron chi connectivity index (χ4n) is 2.67. The second-order valence-corrected chi connectivity index (χ2v) is 7.74. The van der Waals surface area contributed by atoms with Crippen molar-refractivity contribution in [2.75, 3.05) is 10.8 Å². The number of fused-ring (bicyclic) bond motifs is 1. The summed E-state index contributed by atoms with van der Waals surface area (Å²) in [7, 11) is -3.82. The minimum absolute atomic E-state index is 0.0488. The molecule has 0 bridgehead atoms. The molecule has 0 unspecified atom stereocenters. The van der Waals surface area contributed by atoms with Crippen molar-refractivity contribution in [2.45, 2.75) is 24.7 Å². The van der Waals surface area contributed by atoms with Crippen molar-refractivity contribution >= 4 is 26.7 Å². The van der Waals surface area contributed by atoms with Crippen molar-refractivity contribution in [1.82, 2.24) is 9.97 Å². The predicted molar refractivity (Wildman–Crippen MR) is 101 cm³/mol. The van der Waals surface area contributed by atoms with E-state index in [0.29, 0.717) is 24.2 Å². The number of anilines is 1. The average molecular weight is 373 g/mol. The molecule has 0 spiro atoms. The number of sulfonamides is 1. The highest BCUT2D eigenvalue weighted by atomic mass is 32.2. The molecule has 8 heteroatoms. The van der Waals surface area contributed by atoms with Crippen LogP contribution in [0, 0.1) is 0 Å². The number of rotatable bonds is 6. The molecule has 7 nitrogen and oxygen atoms in total. The fraction of sp³-hybridized carbons (Fsp3) is 0.222. The predicted octanol–water partition coefficient (Wildman–Crippen LogP) is 2.21. The third-order valence-electron chi connectivity index (χ3n) is 4.04. The lowest BCUT2D eigenvalue weighted by molar-refractivity contribution is 0.589. The SMILES string of the molecule is CCCCN(c1ccccc1)S(=O)(=O)c1ccc2[nH]c(=O)c(=O)[nH]c2c1. The molecule has 3 rings (SSSR count). The number of hydrogen-bond acceptors (Lipinski definition) is 4. The Labute approximate surface area is 150 Å². The van der Waals surface area contributed by atoms with E-state index in [4.69, 9.17) is 0 Å². The molecule has 26 heavy (non-hydrogen) atoms. The monoisotopic (exact) mass is 373 g/mol. The molecule has 0 aliphatic rings. The van der Waals surface area contributed by atoms with Crippen LogP contribution in [0.4, 0.5) is 5.69 Å². The highest BCUT2D eigenvalue weighted by molar-refractivity contribution is 7.92. The molecule has 0 aliphatic carbocycles. The van der Waals surface area contributed by atoms with Crippen molar-refractivity contribution in [3.63, 3.8) is 0 Å². The normalized spacial score (nSPS) is 11.6. The van der Waals surface area contributed by atoms with Gasteiger partial charge >= 0.3 is 11.1 Å². The molecule has 2 N–H and O–H groups in total. The van der Waals surface area contributed by atoms with E-state index in [2.05, 4.69) is 9.97 Å². The summed E-state index contributed by atoms with van der Waals surface area (Å²) in [4.78, 5) is 27.8. The van der Waals surface area contributed by atoms with Crippen LogP contribution in [0.15, 0.2) is 63.0 Å². The van der Waals surface area contributed by atoms with Crippen LogP contribution in [-0.4, -0.2) is 24.9 Å². The van der Waals surface area contributed by atoms with E-state index in [1.54, 1.807) is 24.3 Å². The fourth-order valence-corrected chi connectivity index (χ4v) is 4.20. The largest absolute Gasteiger partial charge is 0.316 e. The first-order valence-electron chi connectivity index (χ1n) is 8.27. The van der Waals surface area contributed by atoms with Gasteiger partial charge in [0.2, 0.25) is 0 Å². The van der Waals surface area contributed by atoms with E-state index in [9.17, 15) is 18.0 Å². The Balaban J connectivity index is 2.12. The van der Waals surface area contributed by atoms with Crippen molar-refractivity contribution in [3.8, 4) is 0 Å². The van der Waals surface area contributed by atoms with E-state index in [1.807, 2.05) is 13.0 Å². The van der Waals surface area contributed by atoms with Gasteiger partial charge < -0.3 is 9.97 Å². The van der Waals surface area contributed by atoms with Gasteiger partial charge in [-0.2, -0.15) is 0 Å². The van der Waals surface area contributed by atoms with Crippen molar-refractivity contribution < 1.29 is 8.42 Å². The molecule has 0 saturated carbocycles. The van der Waals surface area contributed by atoms with Crippen LogP contribution in [0.5, 0.6) is 0 Å². The summed E-state index contributed by atoms with van der Waals surface area (Å²) >= 11 is 0. The molecular formula is C18H19N3O4S. The molecule has 2 aromatic carbocycles. The van der Waals surface area contributed by atoms with Gasteiger partial charge in [-0.3, -0.25) is 13.9 Å². The quantitative estimate of drug-likeness (QED) is 0.647. The lowest BCUT2D eigenvalue weighted by Crippen LogP contribution is -2.32. The molecule has 1 aromatic heterocycles. The molecule has 1 heterocycles. The number of hydrogen-bond donors (Lipinski definition) is 2. The second kappa shape index (κ2) is 7.17. The second-order valence-electron chi connectivity index (χ2n) is 5.88. The molecular weight excluding hydrogens is 354 g/mol. The number of nitrogens with zero attached hydrogens (tertiary/aromatic N) is 1. The topological polar surface area (TPSA) is 103 Å². The summed E-state index contributed by atoms with van der Waals surface area (Å²) in [6, 6.07) is 13.1. The smallest absolute Gasteiger partial charge is 0.314 e. The first-order chi connectivity index (χ1) is 12.4. The molecule has 0 atom stereocenters. The van der Waals surface area contributed by atoms with E-state index < -0.39 is 21.1 Å². The van der Waals surface area contributed by atoms with Gasteiger partial charge in [-0.15, -0.1) is 0 Å². The van der Waals surface area contributed by atoms with Crippen LogP contribution >= 0.6 is 0 Å². The minimum Gasteiger partial charge on any atom is -0.316 e. The highest BCUT2D eigenvalue weighted by Gasteiger charge is 2.24. The van der Waals surface area contributed by atoms with Crippen molar-refractivity contribution in [1.29, 1.82) is 0 Å². The lowest BCUT2D eigenvalue weighted by atomic mass is 10.3. The van der Waals surface area contributed by atoms with Gasteiger partial charge in [0.25, 0.3) is 10.0 Å². The van der Waals surface area contributed by atoms with Crippen LogP contribution in [0.3, 0.4) is 0 Å². The Morgan fingerprint density at radius 1 is 0.923 bits per heavy atom. The average Bonchev–Trinajstić information content (AvgIpc) is 2.63. The number of aromatic amines is 2. The van der Waals surface area contributed by atoms with E-state index in [-0.39, 0.29) is 10.4 Å². The van der Waals surface area contributed by atoms with Crippen LogP contribution in [-0.2, 0) is 10.0 Å². The summed E-state index contributed by atoms with van der Waals surface area (Å²) in [6.45, 7) is 2.34. The Morgan fingerprint density at radius 3 is 2.23 bits per heavy atom. The molecule has 0 amide bonds. The van der Waals surface area contributed by atoms with Gasteiger partial charge in [0.1, 0.15) is 0 Å². The maximum Gasteiger partial charge on any atom is 0.314 e. The van der Waals surface area contributed by atoms with Gasteiger partial charge in [-0.1, -0.05) is 31.5 Å². The zero-order chi connectivity index (χ0) is 18.7. The van der Waals surface area contributed by atoms with E-state index in [1.165, 1.54) is 22.5 Å². The number of para-hydroxylation sites is 1. The molecule has 0 aliphatic heterocycles. The molecule has 3 aromatic rings. The van der Waals surface area contributed by atoms with E-state index >= 15 is 0 Å². The summed E-state index contributed by atoms with van der Waals surface area (Å²) in [5.74, 6) is 0. The zero-order valence-electron chi connectivity index (χ0n) is 14.2. The summed E-state index contributed by atoms with van der Waals surface area (Å²) in [5, 5.41) is 0. The van der Waals surface area contributed by atoms with Crippen LogP contribution in [0.1, 0.15) is 19.8 Å². The first-order valence-corrected chi connectivity index (χ1v) is 9.71. The summed E-state index contributed by atoms with van der Waals surface area (Å²) in [6.07, 6.45) is 1.57. The first kappa shape index (κ1) is 17.9. The number of unbranched alkanes of at least 4 members (excludes halogenated alkanes) is 1. The van der Waals surface area contributed by atoms with Gasteiger partial charge in [0.15, 0.2) is 0 Å². The van der Waals surface area contributed by atoms with Gasteiger partial charge in [-0.05, 0) is 36.8 Å². The molecule has 136 valence electrons.